The Morgan fingerprint density at radius 1 is 0.966 bits per heavy atom. The maximum Gasteiger partial charge on any atom is 0.397 e. The third kappa shape index (κ3) is 6.29. The summed E-state index contributed by atoms with van der Waals surface area (Å²) in [6.07, 6.45) is 6.77. The van der Waals surface area contributed by atoms with Crippen LogP contribution in [-0.2, 0) is 40.0 Å². The zero-order valence-corrected chi connectivity index (χ0v) is 38.1. The standard InChI is InChI=1S/C49H68ClNO8/c1-12-48(27-51(40(54)41(55)59-48)26-30-13-15-31(50)16-14-30)49-24-33(52)38(28(2)3)39(49)32-17-18-35-45(9)21-20-36(58-37(53)25-43(5,6)42(56)57)44(7,8)34(45)19-22-46(35,10)47(32,11)23-29(49)4/h13-16,28-29,32,34-36H,12,17-27H2,1-11H3,(H,56,57). The number of hydrogen-bond acceptors (Lipinski definition) is 7. The third-order valence-electron chi connectivity index (χ3n) is 18.1. The van der Waals surface area contributed by atoms with Gasteiger partial charge in [0.25, 0.3) is 0 Å². The van der Waals surface area contributed by atoms with Gasteiger partial charge in [0.05, 0.1) is 18.4 Å². The van der Waals surface area contributed by atoms with Crippen molar-refractivity contribution in [1.82, 2.24) is 4.90 Å². The molecule has 1 aromatic carbocycles. The Morgan fingerprint density at radius 3 is 2.24 bits per heavy atom. The zero-order valence-electron chi connectivity index (χ0n) is 37.4. The van der Waals surface area contributed by atoms with Crippen LogP contribution in [0.3, 0.4) is 0 Å². The summed E-state index contributed by atoms with van der Waals surface area (Å²) in [5.74, 6) is -2.01. The number of halogens is 1. The molecule has 9 nitrogen and oxygen atoms in total. The summed E-state index contributed by atoms with van der Waals surface area (Å²) in [5, 5.41) is 10.3. The van der Waals surface area contributed by atoms with Gasteiger partial charge in [-0.3, -0.25) is 19.2 Å². The molecule has 10 atom stereocenters. The smallest absolute Gasteiger partial charge is 0.397 e. The van der Waals surface area contributed by atoms with E-state index in [2.05, 4.69) is 62.3 Å². The molecule has 4 saturated carbocycles. The highest BCUT2D eigenvalue weighted by Crippen LogP contribution is 2.79. The zero-order chi connectivity index (χ0) is 43.5. The van der Waals surface area contributed by atoms with Crippen LogP contribution >= 0.6 is 11.6 Å². The maximum atomic E-state index is 14.7. The molecule has 6 aliphatic rings. The summed E-state index contributed by atoms with van der Waals surface area (Å²) in [6.45, 7) is 24.2. The van der Waals surface area contributed by atoms with E-state index < -0.39 is 40.2 Å². The van der Waals surface area contributed by atoms with Crippen LogP contribution in [-0.4, -0.2) is 57.9 Å². The molecule has 1 aromatic rings. The van der Waals surface area contributed by atoms with Gasteiger partial charge in [0.2, 0.25) is 0 Å². The van der Waals surface area contributed by atoms with Crippen LogP contribution in [0.15, 0.2) is 35.4 Å². The number of Topliss-reactive ketones (excluding diaryl/α,β-unsaturated/α-hetero) is 1. The number of hydrogen-bond donors (Lipinski definition) is 1. The first-order valence-corrected chi connectivity index (χ1v) is 22.7. The number of aliphatic carboxylic acids is 1. The van der Waals surface area contributed by atoms with E-state index in [4.69, 9.17) is 21.1 Å². The van der Waals surface area contributed by atoms with E-state index >= 15 is 0 Å². The number of carboxylic acid groups (broad SMARTS) is 1. The molecule has 0 radical (unpaired) electrons. The molecule has 59 heavy (non-hydrogen) atoms. The molecule has 5 aliphatic carbocycles. The summed E-state index contributed by atoms with van der Waals surface area (Å²) < 4.78 is 12.7. The molecule has 10 unspecified atom stereocenters. The molecule has 324 valence electrons. The lowest BCUT2D eigenvalue weighted by Crippen LogP contribution is -2.71. The number of fused-ring (bicyclic) bond motifs is 7. The molecule has 0 spiro atoms. The topological polar surface area (TPSA) is 127 Å². The monoisotopic (exact) mass is 833 g/mol. The predicted molar refractivity (Wildman–Crippen MR) is 226 cm³/mol. The normalized spacial score (nSPS) is 39.2. The van der Waals surface area contributed by atoms with Crippen molar-refractivity contribution in [1.29, 1.82) is 0 Å². The summed E-state index contributed by atoms with van der Waals surface area (Å²) in [6, 6.07) is 7.36. The second kappa shape index (κ2) is 14.4. The quantitative estimate of drug-likeness (QED) is 0.193. The van der Waals surface area contributed by atoms with Crippen LogP contribution in [0.25, 0.3) is 0 Å². The number of ether oxygens (including phenoxy) is 2. The lowest BCUT2D eigenvalue weighted by Gasteiger charge is -2.73. The number of carbonyl (C=O) groups excluding carboxylic acids is 4. The van der Waals surface area contributed by atoms with Crippen LogP contribution in [0.1, 0.15) is 146 Å². The lowest BCUT2D eigenvalue weighted by molar-refractivity contribution is -0.249. The van der Waals surface area contributed by atoms with Gasteiger partial charge in [0, 0.05) is 28.8 Å². The van der Waals surface area contributed by atoms with E-state index in [0.717, 1.165) is 56.1 Å². The van der Waals surface area contributed by atoms with E-state index in [1.807, 2.05) is 12.1 Å². The predicted octanol–water partition coefficient (Wildman–Crippen LogP) is 10.0. The van der Waals surface area contributed by atoms with Gasteiger partial charge in [-0.05, 0) is 140 Å². The summed E-state index contributed by atoms with van der Waals surface area (Å²) in [7, 11) is 0. The Hall–Kier alpha value is -3.20. The van der Waals surface area contributed by atoms with Crippen LogP contribution in [0.5, 0.6) is 0 Å². The highest BCUT2D eigenvalue weighted by atomic mass is 35.5. The Kier molecular flexibility index (Phi) is 10.7. The second-order valence-electron chi connectivity index (χ2n) is 22.0. The van der Waals surface area contributed by atoms with Gasteiger partial charge in [-0.15, -0.1) is 0 Å². The number of rotatable bonds is 9. The molecule has 10 heteroatoms. The number of morpholine rings is 1. The Labute approximate surface area is 356 Å². The number of carboxylic acids is 1. The van der Waals surface area contributed by atoms with E-state index in [0.29, 0.717) is 23.3 Å². The van der Waals surface area contributed by atoms with Gasteiger partial charge in [-0.2, -0.15) is 0 Å². The fourth-order valence-corrected chi connectivity index (χ4v) is 15.2. The summed E-state index contributed by atoms with van der Waals surface area (Å²) >= 11 is 6.20. The minimum atomic E-state index is -1.20. The maximum absolute atomic E-state index is 14.7. The minimum Gasteiger partial charge on any atom is -0.481 e. The van der Waals surface area contributed by atoms with Crippen molar-refractivity contribution in [2.75, 3.05) is 6.54 Å². The van der Waals surface area contributed by atoms with Crippen LogP contribution in [0, 0.1) is 62.1 Å². The number of nitrogens with zero attached hydrogens (tertiary/aromatic N) is 1. The molecular formula is C49H68ClNO8. The highest BCUT2D eigenvalue weighted by Gasteiger charge is 2.75. The van der Waals surface area contributed by atoms with E-state index in [9.17, 15) is 29.1 Å². The number of allylic oxidation sites excluding steroid dienone is 1. The lowest BCUT2D eigenvalue weighted by atomic mass is 9.31. The van der Waals surface area contributed by atoms with Crippen molar-refractivity contribution in [3.8, 4) is 0 Å². The second-order valence-corrected chi connectivity index (χ2v) is 22.4. The number of carbonyl (C=O) groups is 5. The molecule has 1 N–H and O–H groups in total. The number of ketones is 1. The van der Waals surface area contributed by atoms with Gasteiger partial charge in [0.1, 0.15) is 11.7 Å². The highest BCUT2D eigenvalue weighted by molar-refractivity contribution is 6.33. The number of cyclic esters (lactones) is 1. The van der Waals surface area contributed by atoms with Crippen molar-refractivity contribution in [2.24, 2.45) is 62.1 Å². The van der Waals surface area contributed by atoms with Crippen LogP contribution in [0.2, 0.25) is 5.02 Å². The largest absolute Gasteiger partial charge is 0.481 e. The molecule has 7 rings (SSSR count). The van der Waals surface area contributed by atoms with Crippen LogP contribution in [0.4, 0.5) is 0 Å². The first-order chi connectivity index (χ1) is 27.3. The molecule has 5 fully saturated rings. The van der Waals surface area contributed by atoms with E-state index in [1.165, 1.54) is 5.57 Å². The van der Waals surface area contributed by atoms with Crippen molar-refractivity contribution < 1.29 is 38.6 Å². The molecular weight excluding hydrogens is 766 g/mol. The summed E-state index contributed by atoms with van der Waals surface area (Å²) in [5.41, 5.74) is -0.565. The van der Waals surface area contributed by atoms with Crippen molar-refractivity contribution >= 4 is 41.2 Å². The van der Waals surface area contributed by atoms with Crippen molar-refractivity contribution in [3.05, 3.63) is 46.0 Å². The molecule has 1 heterocycles. The Balaban J connectivity index is 1.25. The fraction of sp³-hybridized carbons (Fsp3) is 0.735. The fourth-order valence-electron chi connectivity index (χ4n) is 15.1. The van der Waals surface area contributed by atoms with Gasteiger partial charge >= 0.3 is 23.8 Å². The van der Waals surface area contributed by atoms with E-state index in [-0.39, 0.29) is 77.2 Å². The number of benzene rings is 1. The van der Waals surface area contributed by atoms with Crippen LogP contribution < -0.4 is 0 Å². The van der Waals surface area contributed by atoms with Gasteiger partial charge < -0.3 is 19.5 Å². The number of amides is 1. The van der Waals surface area contributed by atoms with Gasteiger partial charge in [0.15, 0.2) is 5.78 Å². The van der Waals surface area contributed by atoms with Gasteiger partial charge in [-0.1, -0.05) is 86.0 Å². The third-order valence-corrected chi connectivity index (χ3v) is 18.4. The van der Waals surface area contributed by atoms with Crippen molar-refractivity contribution in [3.63, 3.8) is 0 Å². The SMILES string of the molecule is CCC1(C23CC(=O)C(C(C)C)=C2C2CCC4C5(C)CCC(OC(=O)CC(C)(C)C(=O)O)C(C)(C)C5CCC4(C)C2(C)CC3C)CN(Cc2ccc(Cl)cc2)C(=O)C(=O)O1. The first kappa shape index (κ1) is 43.9. The first-order valence-electron chi connectivity index (χ1n) is 22.3. The average molecular weight is 835 g/mol. The molecule has 0 bridgehead atoms. The molecule has 1 amide bonds. The van der Waals surface area contributed by atoms with Crippen molar-refractivity contribution in [2.45, 2.75) is 159 Å². The summed E-state index contributed by atoms with van der Waals surface area (Å²) in [4.78, 5) is 68.8. The molecule has 0 aromatic heterocycles. The minimum absolute atomic E-state index is 0.00688. The molecule has 1 saturated heterocycles. The number of esters is 2. The Morgan fingerprint density at radius 2 is 1.63 bits per heavy atom. The van der Waals surface area contributed by atoms with Gasteiger partial charge in [-0.25, -0.2) is 4.79 Å². The Bertz CT molecular complexity index is 1970. The van der Waals surface area contributed by atoms with E-state index in [1.54, 1.807) is 30.9 Å². The average Bonchev–Trinajstić information content (AvgIpc) is 3.47. The molecule has 1 aliphatic heterocycles.